The summed E-state index contributed by atoms with van der Waals surface area (Å²) in [5, 5.41) is 19.7. The Labute approximate surface area is 218 Å². The summed E-state index contributed by atoms with van der Waals surface area (Å²) >= 11 is 2.48. The van der Waals surface area contributed by atoms with Crippen molar-refractivity contribution in [3.05, 3.63) is 46.6 Å². The van der Waals surface area contributed by atoms with E-state index in [1.807, 2.05) is 41.6 Å². The second kappa shape index (κ2) is 9.48. The Bertz CT molecular complexity index is 1510. The first-order valence-electron chi connectivity index (χ1n) is 11.0. The van der Waals surface area contributed by atoms with Crippen LogP contribution < -0.4 is 20.7 Å². The molecular weight excluding hydrogens is 520 g/mol. The van der Waals surface area contributed by atoms with Gasteiger partial charge in [-0.2, -0.15) is 4.57 Å². The lowest BCUT2D eigenvalue weighted by atomic mass is 10.0. The minimum Gasteiger partial charge on any atom is -0.543 e. The number of carboxylic acid groups (broad SMARTS) is 1. The summed E-state index contributed by atoms with van der Waals surface area (Å²) < 4.78 is 3.79. The highest BCUT2D eigenvalue weighted by molar-refractivity contribution is 8.00. The molecule has 0 bridgehead atoms. The van der Waals surface area contributed by atoms with Crippen LogP contribution in [-0.2, 0) is 32.8 Å². The van der Waals surface area contributed by atoms with E-state index in [0.29, 0.717) is 11.3 Å². The maximum Gasteiger partial charge on any atom is 0.276 e. The summed E-state index contributed by atoms with van der Waals surface area (Å²) in [7, 11) is 3.18. The van der Waals surface area contributed by atoms with Crippen molar-refractivity contribution < 1.29 is 28.9 Å². The van der Waals surface area contributed by atoms with E-state index in [1.165, 1.54) is 23.8 Å². The van der Waals surface area contributed by atoms with Crippen LogP contribution in [0.25, 0.3) is 11.0 Å². The number of aromatic nitrogens is 4. The molecule has 0 aromatic carbocycles. The Balaban J connectivity index is 1.37. The third kappa shape index (κ3) is 4.29. The van der Waals surface area contributed by atoms with Crippen molar-refractivity contribution in [2.24, 2.45) is 12.2 Å². The van der Waals surface area contributed by atoms with E-state index in [-0.39, 0.29) is 28.8 Å². The molecule has 5 heterocycles. The lowest BCUT2D eigenvalue weighted by molar-refractivity contribution is -0.687. The summed E-state index contributed by atoms with van der Waals surface area (Å²) in [6.07, 6.45) is 3.70. The number of nitrogens with two attached hydrogens (primary N) is 1. The molecule has 37 heavy (non-hydrogen) atoms. The first-order chi connectivity index (χ1) is 17.7. The molecular formula is C22H22N8O5S2. The molecule has 2 aliphatic rings. The van der Waals surface area contributed by atoms with Gasteiger partial charge in [-0.1, -0.05) is 5.16 Å². The lowest BCUT2D eigenvalue weighted by Crippen LogP contribution is -2.71. The SMILES string of the molecule is CO/N=C(\C(=O)N[C@@H]1C(=O)N2C(C(=O)[O-])=C(C[n+]3ccc4nc(C)n(C)c4c3)CS[C@H]12)c1csc(N)n1. The number of hydrogen-bond acceptors (Lipinski definition) is 11. The molecule has 3 N–H and O–H groups in total. The maximum absolute atomic E-state index is 13.0. The number of carbonyl (C=O) groups excluding carboxylic acids is 3. The van der Waals surface area contributed by atoms with E-state index >= 15 is 0 Å². The maximum atomic E-state index is 13.0. The van der Waals surface area contributed by atoms with Gasteiger partial charge in [-0.05, 0) is 6.92 Å². The van der Waals surface area contributed by atoms with Crippen molar-refractivity contribution in [1.29, 1.82) is 0 Å². The van der Waals surface area contributed by atoms with Crippen molar-refractivity contribution in [2.45, 2.75) is 24.9 Å². The number of pyridine rings is 1. The molecule has 0 spiro atoms. The van der Waals surface area contributed by atoms with Crippen molar-refractivity contribution >= 4 is 62.8 Å². The molecule has 1 fully saturated rings. The van der Waals surface area contributed by atoms with Crippen LogP contribution in [0.5, 0.6) is 0 Å². The fraction of sp³-hybridized carbons (Fsp3) is 0.318. The Kier molecular flexibility index (Phi) is 6.33. The first kappa shape index (κ1) is 24.7. The Morgan fingerprint density at radius 1 is 1.41 bits per heavy atom. The van der Waals surface area contributed by atoms with Gasteiger partial charge in [0.05, 0.1) is 11.7 Å². The number of amides is 2. The number of nitrogens with zero attached hydrogens (tertiary/aromatic N) is 6. The second-order valence-corrected chi connectivity index (χ2v) is 10.4. The van der Waals surface area contributed by atoms with E-state index in [1.54, 1.807) is 5.38 Å². The topological polar surface area (TPSA) is 172 Å². The minimum atomic E-state index is -1.45. The number of aliphatic carboxylic acids is 1. The predicted molar refractivity (Wildman–Crippen MR) is 133 cm³/mol. The van der Waals surface area contributed by atoms with Crippen LogP contribution in [0.4, 0.5) is 5.13 Å². The number of thiazole rings is 1. The highest BCUT2D eigenvalue weighted by Gasteiger charge is 2.53. The van der Waals surface area contributed by atoms with E-state index < -0.39 is 29.2 Å². The van der Waals surface area contributed by atoms with Crippen LogP contribution in [-0.4, -0.2) is 67.2 Å². The van der Waals surface area contributed by atoms with Gasteiger partial charge in [0.1, 0.15) is 41.1 Å². The molecule has 1 saturated heterocycles. The zero-order valence-corrected chi connectivity index (χ0v) is 21.6. The summed E-state index contributed by atoms with van der Waals surface area (Å²) in [4.78, 5) is 52.5. The Hall–Kier alpha value is -3.98. The number of oxime groups is 1. The van der Waals surface area contributed by atoms with Crippen molar-refractivity contribution in [1.82, 2.24) is 24.8 Å². The van der Waals surface area contributed by atoms with Gasteiger partial charge >= 0.3 is 0 Å². The predicted octanol–water partition coefficient (Wildman–Crippen LogP) is -1.34. The van der Waals surface area contributed by atoms with Gasteiger partial charge in [0, 0.05) is 29.8 Å². The highest BCUT2D eigenvalue weighted by Crippen LogP contribution is 2.40. The lowest BCUT2D eigenvalue weighted by Gasteiger charge is -2.50. The first-order valence-corrected chi connectivity index (χ1v) is 13.0. The largest absolute Gasteiger partial charge is 0.543 e. The fourth-order valence-electron chi connectivity index (χ4n) is 4.31. The number of nitrogen functional groups attached to an aromatic ring is 1. The van der Waals surface area contributed by atoms with Crippen LogP contribution in [0.3, 0.4) is 0 Å². The molecule has 0 saturated carbocycles. The van der Waals surface area contributed by atoms with Gasteiger partial charge < -0.3 is 30.4 Å². The van der Waals surface area contributed by atoms with Gasteiger partial charge in [-0.15, -0.1) is 23.1 Å². The fourth-order valence-corrected chi connectivity index (χ4v) is 6.19. The monoisotopic (exact) mass is 542 g/mol. The van der Waals surface area contributed by atoms with Crippen molar-refractivity contribution in [2.75, 3.05) is 18.6 Å². The number of nitrogens with one attached hydrogen (secondary N) is 1. The van der Waals surface area contributed by atoms with E-state index in [0.717, 1.165) is 28.2 Å². The number of aryl methyl sites for hydroxylation is 2. The third-order valence-corrected chi connectivity index (χ3v) is 8.18. The number of imidazole rings is 1. The normalized spacial score (nSPS) is 19.6. The summed E-state index contributed by atoms with van der Waals surface area (Å²) in [6, 6.07) is 0.906. The summed E-state index contributed by atoms with van der Waals surface area (Å²) in [6.45, 7) is 2.15. The average Bonchev–Trinajstić information content (AvgIpc) is 3.42. The number of anilines is 1. The number of fused-ring (bicyclic) bond motifs is 2. The zero-order valence-electron chi connectivity index (χ0n) is 20.0. The average molecular weight is 543 g/mol. The van der Waals surface area contributed by atoms with Gasteiger partial charge in [0.25, 0.3) is 11.8 Å². The number of thioether (sulfide) groups is 1. The van der Waals surface area contributed by atoms with E-state index in [4.69, 9.17) is 10.6 Å². The quantitative estimate of drug-likeness (QED) is 0.159. The van der Waals surface area contributed by atoms with Crippen molar-refractivity contribution in [3.8, 4) is 0 Å². The third-order valence-electron chi connectivity index (χ3n) is 6.17. The van der Waals surface area contributed by atoms with Gasteiger partial charge in [-0.3, -0.25) is 14.5 Å². The molecule has 0 aliphatic carbocycles. The molecule has 15 heteroatoms. The molecule has 0 radical (unpaired) electrons. The van der Waals surface area contributed by atoms with Crippen LogP contribution >= 0.6 is 23.1 Å². The second-order valence-electron chi connectivity index (χ2n) is 8.40. The molecule has 2 aliphatic heterocycles. The van der Waals surface area contributed by atoms with Crippen molar-refractivity contribution in [3.63, 3.8) is 0 Å². The number of carboxylic acids is 1. The molecule has 5 rings (SSSR count). The summed E-state index contributed by atoms with van der Waals surface area (Å²) in [5.74, 6) is -1.50. The molecule has 2 atom stereocenters. The minimum absolute atomic E-state index is 0.143. The molecule has 3 aromatic rings. The molecule has 3 aromatic heterocycles. The number of hydrogen-bond donors (Lipinski definition) is 2. The van der Waals surface area contributed by atoms with Gasteiger partial charge in [0.15, 0.2) is 29.8 Å². The number of β-lactam (4-membered cyclic amide) rings is 1. The molecule has 0 unspecified atom stereocenters. The van der Waals surface area contributed by atoms with E-state index in [9.17, 15) is 19.5 Å². The van der Waals surface area contributed by atoms with Gasteiger partial charge in [-0.25, -0.2) is 9.97 Å². The Morgan fingerprint density at radius 2 is 2.19 bits per heavy atom. The highest BCUT2D eigenvalue weighted by atomic mass is 32.2. The molecule has 192 valence electrons. The Morgan fingerprint density at radius 3 is 2.86 bits per heavy atom. The summed E-state index contributed by atoms with van der Waals surface area (Å²) in [5.41, 5.74) is 7.80. The van der Waals surface area contributed by atoms with Gasteiger partial charge in [0.2, 0.25) is 0 Å². The number of carbonyl (C=O) groups is 3. The smallest absolute Gasteiger partial charge is 0.276 e. The van der Waals surface area contributed by atoms with Crippen LogP contribution in [0.15, 0.2) is 40.3 Å². The standard InChI is InChI=1S/C22H22N8O5S2/c1-10-24-12-4-5-29(7-14(12)28(10)2)6-11-8-36-20-16(19(32)30(20)17(11)21(33)34)26-18(31)15(27-35-3)13-9-37-22(23)25-13/h4-5,7,9,16,20H,6,8H2,1-3H3,(H3-,23,25,26,31,33,34)/b27-15-/t16-,20-/m1/s1. The number of rotatable bonds is 7. The van der Waals surface area contributed by atoms with Crippen LogP contribution in [0, 0.1) is 6.92 Å². The molecule has 2 amide bonds. The van der Waals surface area contributed by atoms with E-state index in [2.05, 4.69) is 20.4 Å². The van der Waals surface area contributed by atoms with Crippen LogP contribution in [0.2, 0.25) is 0 Å². The zero-order chi connectivity index (χ0) is 26.4. The van der Waals surface area contributed by atoms with Crippen LogP contribution in [0.1, 0.15) is 11.5 Å². The molecule has 13 nitrogen and oxygen atoms in total.